The number of ether oxygens (including phenoxy) is 2. The Bertz CT molecular complexity index is 381. The summed E-state index contributed by atoms with van der Waals surface area (Å²) in [6, 6.07) is -1.08. The summed E-state index contributed by atoms with van der Waals surface area (Å²) in [6.07, 6.45) is -1.03. The molecule has 2 atom stereocenters. The monoisotopic (exact) mass is 291 g/mol. The maximum absolute atomic E-state index is 14.2. The number of likely N-dealkylation sites (tertiary alicyclic amines) is 1. The molecule has 1 saturated heterocycles. The first-order valence-electron chi connectivity index (χ1n) is 6.49. The summed E-state index contributed by atoms with van der Waals surface area (Å²) in [7, 11) is 1.17. The van der Waals surface area contributed by atoms with E-state index < -0.39 is 36.0 Å². The first-order chi connectivity index (χ1) is 9.12. The molecule has 1 amide bonds. The first kappa shape index (κ1) is 16.7. The lowest BCUT2D eigenvalue weighted by atomic mass is 9.89. The molecule has 1 heterocycles. The highest BCUT2D eigenvalue weighted by Gasteiger charge is 2.46. The van der Waals surface area contributed by atoms with Gasteiger partial charge in [0, 0.05) is 19.4 Å². The summed E-state index contributed by atoms with van der Waals surface area (Å²) in [5.74, 6) is -0.717. The van der Waals surface area contributed by atoms with Gasteiger partial charge < -0.3 is 14.6 Å². The third-order valence-electron chi connectivity index (χ3n) is 3.12. The summed E-state index contributed by atoms with van der Waals surface area (Å²) in [5.41, 5.74) is -2.59. The topological polar surface area (TPSA) is 76.1 Å². The van der Waals surface area contributed by atoms with Crippen molar-refractivity contribution < 1.29 is 28.6 Å². The number of nitrogens with zero attached hydrogens (tertiary/aromatic N) is 1. The van der Waals surface area contributed by atoms with Gasteiger partial charge in [0.15, 0.2) is 0 Å². The van der Waals surface area contributed by atoms with Crippen LogP contribution in [0.4, 0.5) is 9.18 Å². The number of piperidine rings is 1. The van der Waals surface area contributed by atoms with Gasteiger partial charge >= 0.3 is 12.1 Å². The second-order valence-corrected chi connectivity index (χ2v) is 5.98. The highest BCUT2D eigenvalue weighted by molar-refractivity contribution is 5.82. The zero-order valence-corrected chi connectivity index (χ0v) is 12.3. The van der Waals surface area contributed by atoms with Crippen LogP contribution in [0.1, 0.15) is 33.6 Å². The third-order valence-corrected chi connectivity index (χ3v) is 3.12. The molecule has 1 aliphatic rings. The van der Waals surface area contributed by atoms with Crippen molar-refractivity contribution in [3.8, 4) is 0 Å². The molecule has 0 aromatic heterocycles. The van der Waals surface area contributed by atoms with E-state index in [1.54, 1.807) is 20.8 Å². The Morgan fingerprint density at radius 1 is 1.45 bits per heavy atom. The Morgan fingerprint density at radius 3 is 2.50 bits per heavy atom. The summed E-state index contributed by atoms with van der Waals surface area (Å²) >= 11 is 0. The van der Waals surface area contributed by atoms with Gasteiger partial charge in [0.05, 0.1) is 13.7 Å². The predicted octanol–water partition coefficient (Wildman–Crippen LogP) is 1.26. The van der Waals surface area contributed by atoms with Crippen molar-refractivity contribution in [3.05, 3.63) is 0 Å². The summed E-state index contributed by atoms with van der Waals surface area (Å²) in [5, 5.41) is 9.07. The second-order valence-electron chi connectivity index (χ2n) is 5.98. The zero-order valence-electron chi connectivity index (χ0n) is 12.3. The molecule has 0 spiro atoms. The maximum Gasteiger partial charge on any atom is 0.411 e. The van der Waals surface area contributed by atoms with E-state index in [4.69, 9.17) is 9.84 Å². The van der Waals surface area contributed by atoms with Crippen LogP contribution in [0.15, 0.2) is 0 Å². The molecule has 1 rings (SSSR count). The number of hydrogen-bond acceptors (Lipinski definition) is 5. The van der Waals surface area contributed by atoms with E-state index in [-0.39, 0.29) is 19.4 Å². The molecule has 116 valence electrons. The van der Waals surface area contributed by atoms with Gasteiger partial charge in [0.1, 0.15) is 17.3 Å². The van der Waals surface area contributed by atoms with Crippen LogP contribution in [0.25, 0.3) is 0 Å². The largest absolute Gasteiger partial charge is 0.467 e. The van der Waals surface area contributed by atoms with Crippen LogP contribution < -0.4 is 0 Å². The molecular formula is C13H22FNO5. The molecule has 20 heavy (non-hydrogen) atoms. The highest BCUT2D eigenvalue weighted by Crippen LogP contribution is 2.31. The first-order valence-corrected chi connectivity index (χ1v) is 6.49. The number of halogens is 1. The number of methoxy groups -OCH3 is 1. The Labute approximate surface area is 117 Å². The number of carbonyl (C=O) groups excluding carboxylic acids is 2. The van der Waals surface area contributed by atoms with E-state index in [1.165, 1.54) is 7.11 Å². The van der Waals surface area contributed by atoms with Crippen LogP contribution in [0.5, 0.6) is 0 Å². The molecule has 0 bridgehead atoms. The lowest BCUT2D eigenvalue weighted by Gasteiger charge is -2.40. The van der Waals surface area contributed by atoms with E-state index in [1.807, 2.05) is 0 Å². The molecule has 0 radical (unpaired) electrons. The molecule has 6 nitrogen and oxygen atoms in total. The second kappa shape index (κ2) is 5.95. The Kier molecular flexibility index (Phi) is 4.96. The predicted molar refractivity (Wildman–Crippen MR) is 68.9 cm³/mol. The molecule has 0 aliphatic carbocycles. The lowest BCUT2D eigenvalue weighted by molar-refractivity contribution is -0.151. The molecule has 1 N–H and O–H groups in total. The molecule has 0 unspecified atom stereocenters. The lowest BCUT2D eigenvalue weighted by Crippen LogP contribution is -2.56. The normalized spacial score (nSPS) is 27.1. The van der Waals surface area contributed by atoms with E-state index in [9.17, 15) is 14.0 Å². The van der Waals surface area contributed by atoms with Crippen molar-refractivity contribution in [2.75, 3.05) is 20.3 Å². The van der Waals surface area contributed by atoms with E-state index in [0.29, 0.717) is 0 Å². The average Bonchev–Trinajstić information content (AvgIpc) is 2.35. The van der Waals surface area contributed by atoms with Gasteiger partial charge in [0.25, 0.3) is 0 Å². The maximum atomic E-state index is 14.2. The Balaban J connectivity index is 2.89. The number of alkyl halides is 1. The standard InChI is InChI=1S/C13H22FNO5/c1-12(2,3)20-11(18)15-6-5-13(14,8-16)7-9(15)10(17)19-4/h9,16H,5-8H2,1-4H3/t9-,13-/m0/s1. The van der Waals surface area contributed by atoms with E-state index in [2.05, 4.69) is 4.74 Å². The molecule has 1 aliphatic heterocycles. The number of rotatable bonds is 2. The van der Waals surface area contributed by atoms with Crippen LogP contribution in [-0.4, -0.2) is 59.6 Å². The number of aliphatic hydroxyl groups excluding tert-OH is 1. The fourth-order valence-electron chi connectivity index (χ4n) is 2.06. The van der Waals surface area contributed by atoms with E-state index >= 15 is 0 Å². The fourth-order valence-corrected chi connectivity index (χ4v) is 2.06. The molecule has 0 saturated carbocycles. The van der Waals surface area contributed by atoms with E-state index in [0.717, 1.165) is 4.90 Å². The minimum absolute atomic E-state index is 0.00819. The van der Waals surface area contributed by atoms with Gasteiger partial charge in [-0.25, -0.2) is 14.0 Å². The minimum atomic E-state index is -1.88. The SMILES string of the molecule is COC(=O)[C@@H]1C[C@](F)(CO)CCN1C(=O)OC(C)(C)C. The van der Waals surface area contributed by atoms with Crippen molar-refractivity contribution in [1.82, 2.24) is 4.90 Å². The van der Waals surface area contributed by atoms with Crippen LogP contribution in [0.2, 0.25) is 0 Å². The van der Waals surface area contributed by atoms with Crippen molar-refractivity contribution in [2.45, 2.75) is 50.9 Å². The molecular weight excluding hydrogens is 269 g/mol. The quantitative estimate of drug-likeness (QED) is 0.775. The summed E-state index contributed by atoms with van der Waals surface area (Å²) < 4.78 is 24.0. The Morgan fingerprint density at radius 2 is 2.05 bits per heavy atom. The van der Waals surface area contributed by atoms with Gasteiger partial charge in [-0.3, -0.25) is 4.90 Å². The minimum Gasteiger partial charge on any atom is -0.467 e. The van der Waals surface area contributed by atoms with Crippen LogP contribution in [0, 0.1) is 0 Å². The smallest absolute Gasteiger partial charge is 0.411 e. The highest BCUT2D eigenvalue weighted by atomic mass is 19.1. The number of esters is 1. The van der Waals surface area contributed by atoms with Gasteiger partial charge in [-0.15, -0.1) is 0 Å². The van der Waals surface area contributed by atoms with Gasteiger partial charge in [0.2, 0.25) is 0 Å². The van der Waals surface area contributed by atoms with Crippen molar-refractivity contribution in [1.29, 1.82) is 0 Å². The summed E-state index contributed by atoms with van der Waals surface area (Å²) in [6.45, 7) is 4.41. The van der Waals surface area contributed by atoms with Crippen molar-refractivity contribution >= 4 is 12.1 Å². The zero-order chi connectivity index (χ0) is 15.6. The van der Waals surface area contributed by atoms with Crippen LogP contribution in [0.3, 0.4) is 0 Å². The number of amides is 1. The van der Waals surface area contributed by atoms with Crippen molar-refractivity contribution in [2.24, 2.45) is 0 Å². The van der Waals surface area contributed by atoms with Crippen molar-refractivity contribution in [3.63, 3.8) is 0 Å². The number of carbonyl (C=O) groups is 2. The molecule has 0 aromatic rings. The molecule has 1 fully saturated rings. The molecule has 7 heteroatoms. The van der Waals surface area contributed by atoms with Crippen LogP contribution in [-0.2, 0) is 14.3 Å². The van der Waals surface area contributed by atoms with Gasteiger partial charge in [-0.2, -0.15) is 0 Å². The van der Waals surface area contributed by atoms with Gasteiger partial charge in [-0.1, -0.05) is 0 Å². The number of hydrogen-bond donors (Lipinski definition) is 1. The summed E-state index contributed by atoms with van der Waals surface area (Å²) in [4.78, 5) is 24.9. The van der Waals surface area contributed by atoms with Crippen LogP contribution >= 0.6 is 0 Å². The third kappa shape index (κ3) is 4.06. The average molecular weight is 291 g/mol. The fraction of sp³-hybridized carbons (Fsp3) is 0.846. The molecule has 0 aromatic carbocycles. The van der Waals surface area contributed by atoms with Gasteiger partial charge in [-0.05, 0) is 20.8 Å². The number of aliphatic hydroxyl groups is 1. The Hall–Kier alpha value is -1.37.